The van der Waals surface area contributed by atoms with Gasteiger partial charge < -0.3 is 4.84 Å². The number of hydrogen-bond acceptors (Lipinski definition) is 3. The molecule has 0 saturated heterocycles. The van der Waals surface area contributed by atoms with Crippen LogP contribution >= 0.6 is 0 Å². The van der Waals surface area contributed by atoms with Crippen molar-refractivity contribution < 1.29 is 4.84 Å². The number of hydroxylamine groups is 1. The van der Waals surface area contributed by atoms with Crippen LogP contribution in [-0.2, 0) is 11.4 Å². The second kappa shape index (κ2) is 4.05. The minimum Gasteiger partial charge on any atom is -0.305 e. The number of aryl methyl sites for hydroxylation is 1. The van der Waals surface area contributed by atoms with Crippen molar-refractivity contribution >= 4 is 0 Å². The fourth-order valence-electron chi connectivity index (χ4n) is 0.850. The molecule has 0 aromatic carbocycles. The zero-order valence-corrected chi connectivity index (χ0v) is 6.79. The SMILES string of the molecule is CONCc1ccncc1C. The second-order valence-corrected chi connectivity index (χ2v) is 2.33. The van der Waals surface area contributed by atoms with E-state index in [-0.39, 0.29) is 0 Å². The van der Waals surface area contributed by atoms with Gasteiger partial charge in [-0.1, -0.05) is 0 Å². The second-order valence-electron chi connectivity index (χ2n) is 2.33. The van der Waals surface area contributed by atoms with Crippen molar-refractivity contribution in [3.05, 3.63) is 29.6 Å². The van der Waals surface area contributed by atoms with Crippen molar-refractivity contribution in [2.75, 3.05) is 7.11 Å². The Morgan fingerprint density at radius 3 is 3.09 bits per heavy atom. The topological polar surface area (TPSA) is 34.1 Å². The van der Waals surface area contributed by atoms with Crippen LogP contribution in [0.4, 0.5) is 0 Å². The van der Waals surface area contributed by atoms with E-state index in [1.807, 2.05) is 19.2 Å². The van der Waals surface area contributed by atoms with Gasteiger partial charge in [0.25, 0.3) is 0 Å². The molecule has 0 aliphatic rings. The number of hydrogen-bond donors (Lipinski definition) is 1. The lowest BCUT2D eigenvalue weighted by Crippen LogP contribution is -2.11. The van der Waals surface area contributed by atoms with Gasteiger partial charge in [-0.15, -0.1) is 0 Å². The van der Waals surface area contributed by atoms with Crippen LogP contribution < -0.4 is 5.48 Å². The molecule has 60 valence electrons. The summed E-state index contributed by atoms with van der Waals surface area (Å²) < 4.78 is 0. The average Bonchev–Trinajstić information content (AvgIpc) is 2.03. The van der Waals surface area contributed by atoms with E-state index in [2.05, 4.69) is 10.5 Å². The molecule has 0 spiro atoms. The predicted molar refractivity (Wildman–Crippen MR) is 42.8 cm³/mol. The van der Waals surface area contributed by atoms with Gasteiger partial charge in [0.05, 0.1) is 7.11 Å². The number of aromatic nitrogens is 1. The number of nitrogens with zero attached hydrogens (tertiary/aromatic N) is 1. The summed E-state index contributed by atoms with van der Waals surface area (Å²) in [5.74, 6) is 0. The standard InChI is InChI=1S/C8H12N2O/c1-7-5-9-4-3-8(7)6-10-11-2/h3-5,10H,6H2,1-2H3. The average molecular weight is 152 g/mol. The summed E-state index contributed by atoms with van der Waals surface area (Å²) in [6.07, 6.45) is 3.62. The van der Waals surface area contributed by atoms with E-state index < -0.39 is 0 Å². The predicted octanol–water partition coefficient (Wildman–Crippen LogP) is 1.04. The molecule has 3 nitrogen and oxygen atoms in total. The molecule has 0 aliphatic heterocycles. The third-order valence-corrected chi connectivity index (χ3v) is 1.54. The smallest absolute Gasteiger partial charge is 0.0572 e. The molecular weight excluding hydrogens is 140 g/mol. The lowest BCUT2D eigenvalue weighted by atomic mass is 10.2. The molecule has 0 saturated carbocycles. The summed E-state index contributed by atoms with van der Waals surface area (Å²) in [5, 5.41) is 0. The van der Waals surface area contributed by atoms with Gasteiger partial charge in [0.2, 0.25) is 0 Å². The summed E-state index contributed by atoms with van der Waals surface area (Å²) in [7, 11) is 1.61. The van der Waals surface area contributed by atoms with Crippen LogP contribution in [0.5, 0.6) is 0 Å². The molecule has 1 heterocycles. The Kier molecular flexibility index (Phi) is 3.01. The Hall–Kier alpha value is -0.930. The Balaban J connectivity index is 2.62. The van der Waals surface area contributed by atoms with Gasteiger partial charge in [0, 0.05) is 18.9 Å². The van der Waals surface area contributed by atoms with Gasteiger partial charge in [0.1, 0.15) is 0 Å². The summed E-state index contributed by atoms with van der Waals surface area (Å²) in [4.78, 5) is 8.71. The summed E-state index contributed by atoms with van der Waals surface area (Å²) in [6, 6.07) is 1.97. The van der Waals surface area contributed by atoms with E-state index in [1.54, 1.807) is 13.3 Å². The Morgan fingerprint density at radius 1 is 1.64 bits per heavy atom. The molecule has 0 bridgehead atoms. The molecule has 1 aromatic rings. The third-order valence-electron chi connectivity index (χ3n) is 1.54. The highest BCUT2D eigenvalue weighted by Crippen LogP contribution is 2.03. The first-order chi connectivity index (χ1) is 5.34. The van der Waals surface area contributed by atoms with Gasteiger partial charge >= 0.3 is 0 Å². The minimum atomic E-state index is 0.727. The highest BCUT2D eigenvalue weighted by Gasteiger charge is 1.94. The molecule has 0 fully saturated rings. The van der Waals surface area contributed by atoms with Crippen molar-refractivity contribution in [1.82, 2.24) is 10.5 Å². The monoisotopic (exact) mass is 152 g/mol. The Bertz CT molecular complexity index is 225. The van der Waals surface area contributed by atoms with E-state index >= 15 is 0 Å². The molecule has 0 unspecified atom stereocenters. The van der Waals surface area contributed by atoms with E-state index in [0.717, 1.165) is 6.54 Å². The number of pyridine rings is 1. The van der Waals surface area contributed by atoms with E-state index in [1.165, 1.54) is 11.1 Å². The van der Waals surface area contributed by atoms with Crippen molar-refractivity contribution in [2.45, 2.75) is 13.5 Å². The minimum absolute atomic E-state index is 0.727. The molecule has 1 N–H and O–H groups in total. The zero-order valence-electron chi connectivity index (χ0n) is 6.79. The van der Waals surface area contributed by atoms with Crippen molar-refractivity contribution in [2.24, 2.45) is 0 Å². The van der Waals surface area contributed by atoms with Crippen molar-refractivity contribution in [3.8, 4) is 0 Å². The Morgan fingerprint density at radius 2 is 2.45 bits per heavy atom. The lowest BCUT2D eigenvalue weighted by Gasteiger charge is -2.03. The normalized spacial score (nSPS) is 10.0. The number of nitrogens with one attached hydrogen (secondary N) is 1. The van der Waals surface area contributed by atoms with Crippen molar-refractivity contribution in [3.63, 3.8) is 0 Å². The first-order valence-corrected chi connectivity index (χ1v) is 3.50. The first-order valence-electron chi connectivity index (χ1n) is 3.50. The molecule has 11 heavy (non-hydrogen) atoms. The highest BCUT2D eigenvalue weighted by atomic mass is 16.6. The third kappa shape index (κ3) is 2.29. The van der Waals surface area contributed by atoms with Gasteiger partial charge in [-0.05, 0) is 24.1 Å². The highest BCUT2D eigenvalue weighted by molar-refractivity contribution is 5.20. The summed E-state index contributed by atoms with van der Waals surface area (Å²) in [6.45, 7) is 2.75. The van der Waals surface area contributed by atoms with Crippen molar-refractivity contribution in [1.29, 1.82) is 0 Å². The van der Waals surface area contributed by atoms with Crippen LogP contribution in [0, 0.1) is 6.92 Å². The van der Waals surface area contributed by atoms with Gasteiger partial charge in [-0.2, -0.15) is 5.48 Å². The van der Waals surface area contributed by atoms with E-state index in [9.17, 15) is 0 Å². The number of rotatable bonds is 3. The van der Waals surface area contributed by atoms with Crippen LogP contribution in [0.15, 0.2) is 18.5 Å². The fraction of sp³-hybridized carbons (Fsp3) is 0.375. The summed E-state index contributed by atoms with van der Waals surface area (Å²) in [5.41, 5.74) is 5.17. The first kappa shape index (κ1) is 8.17. The van der Waals surface area contributed by atoms with Crippen LogP contribution in [0.25, 0.3) is 0 Å². The largest absolute Gasteiger partial charge is 0.305 e. The quantitative estimate of drug-likeness (QED) is 0.657. The van der Waals surface area contributed by atoms with Gasteiger partial charge in [0.15, 0.2) is 0 Å². The fourth-order valence-corrected chi connectivity index (χ4v) is 0.850. The summed E-state index contributed by atoms with van der Waals surface area (Å²) >= 11 is 0. The maximum absolute atomic E-state index is 4.73. The van der Waals surface area contributed by atoms with Gasteiger partial charge in [-0.25, -0.2) is 0 Å². The molecule has 0 aliphatic carbocycles. The molecule has 0 atom stereocenters. The molecule has 1 rings (SSSR count). The van der Waals surface area contributed by atoms with E-state index in [4.69, 9.17) is 4.84 Å². The molecule has 3 heteroatoms. The maximum atomic E-state index is 4.73. The Labute approximate surface area is 66.4 Å². The van der Waals surface area contributed by atoms with Crippen LogP contribution in [0.2, 0.25) is 0 Å². The maximum Gasteiger partial charge on any atom is 0.0572 e. The molecule has 1 aromatic heterocycles. The van der Waals surface area contributed by atoms with Gasteiger partial charge in [-0.3, -0.25) is 4.98 Å². The van der Waals surface area contributed by atoms with Crippen LogP contribution in [0.3, 0.4) is 0 Å². The molecule has 0 radical (unpaired) electrons. The van der Waals surface area contributed by atoms with Crippen LogP contribution in [-0.4, -0.2) is 12.1 Å². The van der Waals surface area contributed by atoms with E-state index in [0.29, 0.717) is 0 Å². The zero-order chi connectivity index (χ0) is 8.10. The lowest BCUT2D eigenvalue weighted by molar-refractivity contribution is 0.0866. The molecule has 0 amide bonds. The van der Waals surface area contributed by atoms with Crippen LogP contribution in [0.1, 0.15) is 11.1 Å². The molecular formula is C8H12N2O.